The number of alkyl halides is 3. The molecule has 0 bridgehead atoms. The van der Waals surface area contributed by atoms with E-state index in [0.29, 0.717) is 24.2 Å². The van der Waals surface area contributed by atoms with Crippen molar-refractivity contribution in [2.75, 3.05) is 5.32 Å². The molecule has 0 saturated carbocycles. The van der Waals surface area contributed by atoms with E-state index in [-0.39, 0.29) is 0 Å². The van der Waals surface area contributed by atoms with Gasteiger partial charge >= 0.3 is 12.2 Å². The van der Waals surface area contributed by atoms with Crippen LogP contribution in [0.2, 0.25) is 0 Å². The Morgan fingerprint density at radius 3 is 2.32 bits per heavy atom. The Balaban J connectivity index is 2.14. The number of nitrogens with zero attached hydrogens (tertiary/aromatic N) is 2. The molecule has 25 heavy (non-hydrogen) atoms. The molecule has 5 nitrogen and oxygen atoms in total. The highest BCUT2D eigenvalue weighted by molar-refractivity contribution is 5.89. The first-order chi connectivity index (χ1) is 11.6. The van der Waals surface area contributed by atoms with Gasteiger partial charge in [0.2, 0.25) is 0 Å². The maximum Gasteiger partial charge on any atom is 0.422 e. The average Bonchev–Trinajstić information content (AvgIpc) is 2.88. The Morgan fingerprint density at radius 1 is 1.28 bits per heavy atom. The van der Waals surface area contributed by atoms with Crippen molar-refractivity contribution in [1.82, 2.24) is 15.1 Å². The van der Waals surface area contributed by atoms with Gasteiger partial charge in [-0.1, -0.05) is 6.92 Å². The van der Waals surface area contributed by atoms with Crippen molar-refractivity contribution in [2.24, 2.45) is 7.05 Å². The van der Waals surface area contributed by atoms with Crippen LogP contribution in [-0.4, -0.2) is 15.8 Å². The van der Waals surface area contributed by atoms with Gasteiger partial charge in [0, 0.05) is 18.9 Å². The van der Waals surface area contributed by atoms with Crippen molar-refractivity contribution in [3.05, 3.63) is 47.3 Å². The summed E-state index contributed by atoms with van der Waals surface area (Å²) in [7, 11) is 1.68. The number of halogens is 5. The minimum Gasteiger partial charge on any atom is -0.330 e. The summed E-state index contributed by atoms with van der Waals surface area (Å²) in [5.41, 5.74) is -1.73. The Hall–Kier alpha value is -2.65. The summed E-state index contributed by atoms with van der Waals surface area (Å²) in [5.74, 6) is -3.61. The normalized spacial score (nSPS) is 12.8. The lowest BCUT2D eigenvalue weighted by Gasteiger charge is -2.18. The second kappa shape index (κ2) is 7.08. The predicted molar refractivity (Wildman–Crippen MR) is 79.8 cm³/mol. The van der Waals surface area contributed by atoms with E-state index in [1.165, 1.54) is 6.20 Å². The Labute approximate surface area is 139 Å². The van der Waals surface area contributed by atoms with Crippen LogP contribution in [0.5, 0.6) is 0 Å². The molecule has 2 amide bonds. The Kier molecular flexibility index (Phi) is 5.29. The summed E-state index contributed by atoms with van der Waals surface area (Å²) < 4.78 is 66.2. The highest BCUT2D eigenvalue weighted by Gasteiger charge is 2.38. The van der Waals surface area contributed by atoms with Gasteiger partial charge in [-0.2, -0.15) is 18.3 Å². The van der Waals surface area contributed by atoms with Crippen molar-refractivity contribution in [1.29, 1.82) is 0 Å². The fourth-order valence-electron chi connectivity index (χ4n) is 2.35. The van der Waals surface area contributed by atoms with Gasteiger partial charge in [0.25, 0.3) is 0 Å². The molecule has 136 valence electrons. The topological polar surface area (TPSA) is 59.0 Å². The van der Waals surface area contributed by atoms with Crippen LogP contribution in [0.25, 0.3) is 0 Å². The molecule has 1 aromatic carbocycles. The zero-order valence-corrected chi connectivity index (χ0v) is 13.3. The average molecular weight is 362 g/mol. The van der Waals surface area contributed by atoms with Crippen LogP contribution in [-0.2, 0) is 13.2 Å². The van der Waals surface area contributed by atoms with E-state index < -0.39 is 41.1 Å². The third kappa shape index (κ3) is 4.25. The molecule has 0 aliphatic heterocycles. The minimum absolute atomic E-state index is 0.413. The fourth-order valence-corrected chi connectivity index (χ4v) is 2.35. The molecule has 0 aliphatic rings. The lowest BCUT2D eigenvalue weighted by atomic mass is 10.1. The van der Waals surface area contributed by atoms with Gasteiger partial charge < -0.3 is 10.6 Å². The van der Waals surface area contributed by atoms with Gasteiger partial charge in [-0.25, -0.2) is 13.6 Å². The first-order valence-corrected chi connectivity index (χ1v) is 7.25. The summed E-state index contributed by atoms with van der Waals surface area (Å²) in [5, 5.41) is 8.66. The van der Waals surface area contributed by atoms with Gasteiger partial charge in [-0.05, 0) is 24.6 Å². The quantitative estimate of drug-likeness (QED) is 0.808. The number of urea groups is 1. The van der Waals surface area contributed by atoms with Gasteiger partial charge in [-0.15, -0.1) is 0 Å². The number of hydrogen-bond donors (Lipinski definition) is 2. The number of benzene rings is 1. The van der Waals surface area contributed by atoms with Crippen LogP contribution >= 0.6 is 0 Å². The SMILES string of the molecule is CCC(NC(=O)Nc1cc(F)c(C(F)(F)F)c(F)c1)c1ccnn1C. The van der Waals surface area contributed by atoms with Crippen LogP contribution in [0.4, 0.5) is 32.4 Å². The number of rotatable bonds is 4. The second-order valence-corrected chi connectivity index (χ2v) is 5.25. The van der Waals surface area contributed by atoms with E-state index in [9.17, 15) is 26.7 Å². The van der Waals surface area contributed by atoms with Crippen LogP contribution in [0.1, 0.15) is 30.6 Å². The first kappa shape index (κ1) is 18.7. The van der Waals surface area contributed by atoms with Crippen molar-refractivity contribution >= 4 is 11.7 Å². The number of aromatic nitrogens is 2. The Morgan fingerprint density at radius 2 is 1.88 bits per heavy atom. The van der Waals surface area contributed by atoms with Gasteiger partial charge in [0.1, 0.15) is 17.2 Å². The summed E-state index contributed by atoms with van der Waals surface area (Å²) in [4.78, 5) is 12.0. The second-order valence-electron chi connectivity index (χ2n) is 5.25. The molecule has 1 unspecified atom stereocenters. The molecule has 0 aliphatic carbocycles. The van der Waals surface area contributed by atoms with E-state index in [4.69, 9.17) is 0 Å². The molecule has 2 N–H and O–H groups in total. The number of anilines is 1. The van der Waals surface area contributed by atoms with E-state index >= 15 is 0 Å². The minimum atomic E-state index is -5.16. The van der Waals surface area contributed by atoms with Crippen molar-refractivity contribution < 1.29 is 26.7 Å². The van der Waals surface area contributed by atoms with E-state index in [1.54, 1.807) is 24.7 Å². The zero-order chi connectivity index (χ0) is 18.8. The monoisotopic (exact) mass is 362 g/mol. The molecule has 2 aromatic rings. The number of carbonyl (C=O) groups excluding carboxylic acids is 1. The smallest absolute Gasteiger partial charge is 0.330 e. The third-order valence-electron chi connectivity index (χ3n) is 3.51. The summed E-state index contributed by atoms with van der Waals surface area (Å²) in [6.45, 7) is 1.80. The number of hydrogen-bond acceptors (Lipinski definition) is 2. The maximum atomic E-state index is 13.5. The lowest BCUT2D eigenvalue weighted by molar-refractivity contribution is -0.142. The van der Waals surface area contributed by atoms with Crippen LogP contribution in [0.15, 0.2) is 24.4 Å². The standard InChI is InChI=1S/C15H15F5N4O/c1-3-11(12-4-5-21-24(12)2)23-14(25)22-8-6-9(16)13(10(17)7-8)15(18,19)20/h4-7,11H,3H2,1-2H3,(H2,22,23,25). The van der Waals surface area contributed by atoms with Crippen LogP contribution in [0.3, 0.4) is 0 Å². The molecular formula is C15H15F5N4O. The molecule has 1 aromatic heterocycles. The molecule has 1 atom stereocenters. The third-order valence-corrected chi connectivity index (χ3v) is 3.51. The first-order valence-electron chi connectivity index (χ1n) is 7.25. The van der Waals surface area contributed by atoms with Gasteiger partial charge in [0.05, 0.1) is 11.7 Å². The van der Waals surface area contributed by atoms with Crippen molar-refractivity contribution in [2.45, 2.75) is 25.6 Å². The molecule has 0 spiro atoms. The summed E-state index contributed by atoms with van der Waals surface area (Å²) in [6, 6.07) is 1.27. The van der Waals surface area contributed by atoms with Crippen LogP contribution < -0.4 is 10.6 Å². The molecule has 2 rings (SSSR count). The van der Waals surface area contributed by atoms with Crippen LogP contribution in [0, 0.1) is 11.6 Å². The zero-order valence-electron chi connectivity index (χ0n) is 13.3. The Bertz CT molecular complexity index is 749. The highest BCUT2D eigenvalue weighted by Crippen LogP contribution is 2.34. The van der Waals surface area contributed by atoms with Gasteiger partial charge in [0.15, 0.2) is 0 Å². The van der Waals surface area contributed by atoms with E-state index in [1.807, 2.05) is 0 Å². The molecule has 1 heterocycles. The molecule has 0 radical (unpaired) electrons. The van der Waals surface area contributed by atoms with Gasteiger partial charge in [-0.3, -0.25) is 4.68 Å². The molecule has 10 heteroatoms. The maximum absolute atomic E-state index is 13.5. The summed E-state index contributed by atoms with van der Waals surface area (Å²) in [6.07, 6.45) is -3.12. The molecular weight excluding hydrogens is 347 g/mol. The number of amides is 2. The van der Waals surface area contributed by atoms with E-state index in [0.717, 1.165) is 0 Å². The largest absolute Gasteiger partial charge is 0.422 e. The summed E-state index contributed by atoms with van der Waals surface area (Å²) >= 11 is 0. The molecule has 0 saturated heterocycles. The fraction of sp³-hybridized carbons (Fsp3) is 0.333. The number of aryl methyl sites for hydroxylation is 1. The molecule has 0 fully saturated rings. The number of carbonyl (C=O) groups is 1. The van der Waals surface area contributed by atoms with Crippen molar-refractivity contribution in [3.63, 3.8) is 0 Å². The van der Waals surface area contributed by atoms with E-state index in [2.05, 4.69) is 15.7 Å². The predicted octanol–water partition coefficient (Wildman–Crippen LogP) is 3.99. The highest BCUT2D eigenvalue weighted by atomic mass is 19.4. The lowest BCUT2D eigenvalue weighted by Crippen LogP contribution is -2.33. The van der Waals surface area contributed by atoms with Crippen molar-refractivity contribution in [3.8, 4) is 0 Å². The number of nitrogens with one attached hydrogen (secondary N) is 2.